The molecule has 1 N–H and O–H groups in total. The third-order valence-electron chi connectivity index (χ3n) is 5.94. The number of carboxylic acid groups (broad SMARTS) is 1. The number of piperidine rings is 1. The zero-order valence-corrected chi connectivity index (χ0v) is 12.9. The van der Waals surface area contributed by atoms with Crippen LogP contribution in [0.25, 0.3) is 0 Å². The molecule has 2 heterocycles. The van der Waals surface area contributed by atoms with Gasteiger partial charge < -0.3 is 14.9 Å². The standard InChI is InChI=1S/C16H26N2O3/c1-2-16(14(19)20)9-5-11-18(16)15(21)17-10-4-7-12-6-3-8-13(12)17/h12-13H,2-11H2,1H3,(H,19,20). The van der Waals surface area contributed by atoms with Gasteiger partial charge in [0, 0.05) is 19.1 Å². The molecule has 5 nitrogen and oxygen atoms in total. The Bertz CT molecular complexity index is 439. The molecule has 3 atom stereocenters. The van der Waals surface area contributed by atoms with Gasteiger partial charge in [0.15, 0.2) is 0 Å². The lowest BCUT2D eigenvalue weighted by Crippen LogP contribution is -2.59. The van der Waals surface area contributed by atoms with E-state index in [1.807, 2.05) is 11.8 Å². The van der Waals surface area contributed by atoms with Gasteiger partial charge in [0.1, 0.15) is 5.54 Å². The number of fused-ring (bicyclic) bond motifs is 1. The summed E-state index contributed by atoms with van der Waals surface area (Å²) < 4.78 is 0. The monoisotopic (exact) mass is 294 g/mol. The van der Waals surface area contributed by atoms with Crippen molar-refractivity contribution >= 4 is 12.0 Å². The summed E-state index contributed by atoms with van der Waals surface area (Å²) in [5.74, 6) is -0.193. The summed E-state index contributed by atoms with van der Waals surface area (Å²) in [4.78, 5) is 28.4. The molecule has 3 fully saturated rings. The van der Waals surface area contributed by atoms with Crippen LogP contribution >= 0.6 is 0 Å². The molecule has 21 heavy (non-hydrogen) atoms. The zero-order chi connectivity index (χ0) is 15.0. The Kier molecular flexibility index (Phi) is 3.84. The molecule has 1 aliphatic carbocycles. The maximum atomic E-state index is 13.0. The van der Waals surface area contributed by atoms with E-state index in [0.717, 1.165) is 25.8 Å². The highest BCUT2D eigenvalue weighted by atomic mass is 16.4. The molecule has 1 saturated carbocycles. The number of hydrogen-bond donors (Lipinski definition) is 1. The van der Waals surface area contributed by atoms with Crippen molar-refractivity contribution in [3.8, 4) is 0 Å². The summed E-state index contributed by atoms with van der Waals surface area (Å²) >= 11 is 0. The first-order chi connectivity index (χ1) is 10.1. The Morgan fingerprint density at radius 1 is 1.14 bits per heavy atom. The molecule has 2 aliphatic heterocycles. The summed E-state index contributed by atoms with van der Waals surface area (Å²) in [6, 6.07) is 0.337. The summed E-state index contributed by atoms with van der Waals surface area (Å²) in [6.45, 7) is 3.27. The third-order valence-corrected chi connectivity index (χ3v) is 5.94. The van der Waals surface area contributed by atoms with Crippen LogP contribution in [0.5, 0.6) is 0 Å². The van der Waals surface area contributed by atoms with Gasteiger partial charge in [-0.15, -0.1) is 0 Å². The predicted molar refractivity (Wildman–Crippen MR) is 79.1 cm³/mol. The molecule has 0 aromatic carbocycles. The van der Waals surface area contributed by atoms with Gasteiger partial charge in [0.25, 0.3) is 0 Å². The Balaban J connectivity index is 1.82. The molecule has 0 bridgehead atoms. The van der Waals surface area contributed by atoms with Crippen molar-refractivity contribution in [1.82, 2.24) is 9.80 Å². The number of likely N-dealkylation sites (tertiary alicyclic amines) is 2. The lowest BCUT2D eigenvalue weighted by molar-refractivity contribution is -0.148. The maximum absolute atomic E-state index is 13.0. The first-order valence-electron chi connectivity index (χ1n) is 8.42. The van der Waals surface area contributed by atoms with Gasteiger partial charge in [0.2, 0.25) is 0 Å². The van der Waals surface area contributed by atoms with Crippen LogP contribution in [0, 0.1) is 5.92 Å². The van der Waals surface area contributed by atoms with Gasteiger partial charge in [0.05, 0.1) is 0 Å². The Morgan fingerprint density at radius 3 is 2.62 bits per heavy atom. The molecule has 0 aromatic rings. The highest BCUT2D eigenvalue weighted by Gasteiger charge is 2.51. The molecular formula is C16H26N2O3. The molecular weight excluding hydrogens is 268 g/mol. The second kappa shape index (κ2) is 5.50. The summed E-state index contributed by atoms with van der Waals surface area (Å²) in [6.07, 6.45) is 7.70. The number of amides is 2. The number of carbonyl (C=O) groups excluding carboxylic acids is 1. The molecule has 0 radical (unpaired) electrons. The molecule has 3 unspecified atom stereocenters. The predicted octanol–water partition coefficient (Wildman–Crippen LogP) is 2.70. The molecule has 0 spiro atoms. The highest BCUT2D eigenvalue weighted by Crippen LogP contribution is 2.40. The third kappa shape index (κ3) is 2.21. The first kappa shape index (κ1) is 14.7. The Hall–Kier alpha value is -1.26. The van der Waals surface area contributed by atoms with Crippen LogP contribution in [0.2, 0.25) is 0 Å². The lowest BCUT2D eigenvalue weighted by atomic mass is 9.91. The van der Waals surface area contributed by atoms with Crippen LogP contribution in [0.4, 0.5) is 4.79 Å². The molecule has 118 valence electrons. The van der Waals surface area contributed by atoms with Crippen LogP contribution in [0.1, 0.15) is 58.3 Å². The van der Waals surface area contributed by atoms with Crippen molar-refractivity contribution in [3.05, 3.63) is 0 Å². The number of carbonyl (C=O) groups is 2. The van der Waals surface area contributed by atoms with Gasteiger partial charge in [-0.1, -0.05) is 13.3 Å². The zero-order valence-electron chi connectivity index (χ0n) is 12.9. The van der Waals surface area contributed by atoms with Crippen molar-refractivity contribution in [2.24, 2.45) is 5.92 Å². The van der Waals surface area contributed by atoms with E-state index in [2.05, 4.69) is 0 Å². The minimum atomic E-state index is -0.970. The van der Waals surface area contributed by atoms with E-state index < -0.39 is 11.5 Å². The van der Waals surface area contributed by atoms with Crippen molar-refractivity contribution in [3.63, 3.8) is 0 Å². The number of urea groups is 1. The van der Waals surface area contributed by atoms with Crippen LogP contribution in [-0.2, 0) is 4.79 Å². The van der Waals surface area contributed by atoms with E-state index in [1.54, 1.807) is 4.90 Å². The summed E-state index contributed by atoms with van der Waals surface area (Å²) in [7, 11) is 0. The number of carboxylic acids is 1. The largest absolute Gasteiger partial charge is 0.479 e. The smallest absolute Gasteiger partial charge is 0.329 e. The first-order valence-corrected chi connectivity index (χ1v) is 8.42. The van der Waals surface area contributed by atoms with Crippen molar-refractivity contribution in [2.45, 2.75) is 69.9 Å². The van der Waals surface area contributed by atoms with Gasteiger partial charge >= 0.3 is 12.0 Å². The van der Waals surface area contributed by atoms with Gasteiger partial charge in [-0.05, 0) is 50.9 Å². The fraction of sp³-hybridized carbons (Fsp3) is 0.875. The van der Waals surface area contributed by atoms with Crippen molar-refractivity contribution in [2.75, 3.05) is 13.1 Å². The molecule has 3 rings (SSSR count). The number of nitrogens with zero attached hydrogens (tertiary/aromatic N) is 2. The van der Waals surface area contributed by atoms with E-state index in [-0.39, 0.29) is 6.03 Å². The minimum Gasteiger partial charge on any atom is -0.479 e. The average Bonchev–Trinajstić information content (AvgIpc) is 3.12. The van der Waals surface area contributed by atoms with E-state index in [4.69, 9.17) is 0 Å². The highest BCUT2D eigenvalue weighted by molar-refractivity contribution is 5.87. The van der Waals surface area contributed by atoms with Crippen LogP contribution in [0.15, 0.2) is 0 Å². The maximum Gasteiger partial charge on any atom is 0.329 e. The SMILES string of the molecule is CCC1(C(=O)O)CCCN1C(=O)N1CCCC2CCCC21. The van der Waals surface area contributed by atoms with Crippen molar-refractivity contribution in [1.29, 1.82) is 0 Å². The van der Waals surface area contributed by atoms with Gasteiger partial charge in [-0.2, -0.15) is 0 Å². The fourth-order valence-corrected chi connectivity index (χ4v) is 4.75. The molecule has 0 aromatic heterocycles. The van der Waals surface area contributed by atoms with E-state index in [0.29, 0.717) is 31.3 Å². The molecule has 2 saturated heterocycles. The van der Waals surface area contributed by atoms with Crippen LogP contribution in [0.3, 0.4) is 0 Å². The van der Waals surface area contributed by atoms with E-state index in [9.17, 15) is 14.7 Å². The number of aliphatic carboxylic acids is 1. The van der Waals surface area contributed by atoms with Crippen LogP contribution in [-0.4, -0.2) is 51.6 Å². The quantitative estimate of drug-likeness (QED) is 0.851. The van der Waals surface area contributed by atoms with Gasteiger partial charge in [-0.25, -0.2) is 9.59 Å². The number of hydrogen-bond acceptors (Lipinski definition) is 2. The molecule has 5 heteroatoms. The second-order valence-corrected chi connectivity index (χ2v) is 6.82. The van der Waals surface area contributed by atoms with Crippen molar-refractivity contribution < 1.29 is 14.7 Å². The normalized spacial score (nSPS) is 35.9. The molecule has 3 aliphatic rings. The lowest BCUT2D eigenvalue weighted by Gasteiger charge is -2.43. The molecule has 2 amide bonds. The average molecular weight is 294 g/mol. The van der Waals surface area contributed by atoms with E-state index in [1.165, 1.54) is 19.3 Å². The van der Waals surface area contributed by atoms with Gasteiger partial charge in [-0.3, -0.25) is 0 Å². The summed E-state index contributed by atoms with van der Waals surface area (Å²) in [5, 5.41) is 9.66. The van der Waals surface area contributed by atoms with Crippen LogP contribution < -0.4 is 0 Å². The topological polar surface area (TPSA) is 60.9 Å². The Labute approximate surface area is 126 Å². The number of rotatable bonds is 2. The van der Waals surface area contributed by atoms with E-state index >= 15 is 0 Å². The minimum absolute atomic E-state index is 0.0200. The Morgan fingerprint density at radius 2 is 1.90 bits per heavy atom. The second-order valence-electron chi connectivity index (χ2n) is 6.82. The summed E-state index contributed by atoms with van der Waals surface area (Å²) in [5.41, 5.74) is -0.970. The fourth-order valence-electron chi connectivity index (χ4n) is 4.75.